The molecule has 10 rings (SSSR count). The van der Waals surface area contributed by atoms with Gasteiger partial charge in [-0.3, -0.25) is 5.41 Å². The molecule has 0 fully saturated rings. The molecule has 0 saturated carbocycles. The van der Waals surface area contributed by atoms with Crippen LogP contribution in [0.3, 0.4) is 0 Å². The summed E-state index contributed by atoms with van der Waals surface area (Å²) in [5, 5.41) is 15.2. The minimum Gasteiger partial charge on any atom is -0.355 e. The second kappa shape index (κ2) is 15.4. The van der Waals surface area contributed by atoms with Crippen LogP contribution in [0.15, 0.2) is 229 Å². The highest BCUT2D eigenvalue weighted by Gasteiger charge is 2.49. The molecule has 59 heavy (non-hydrogen) atoms. The number of nitrogens with one attached hydrogen (secondary N) is 2. The molecule has 0 spiro atoms. The molecule has 2 N–H and O–H groups in total. The fourth-order valence-corrected chi connectivity index (χ4v) is 9.10. The third-order valence-electron chi connectivity index (χ3n) is 11.7. The van der Waals surface area contributed by atoms with Crippen LogP contribution in [0.1, 0.15) is 38.9 Å². The summed E-state index contributed by atoms with van der Waals surface area (Å²) >= 11 is 0. The molecule has 0 saturated heterocycles. The zero-order valence-electron chi connectivity index (χ0n) is 32.5. The summed E-state index contributed by atoms with van der Waals surface area (Å²) in [6.45, 7) is 0. The monoisotopic (exact) mass is 755 g/mol. The van der Waals surface area contributed by atoms with Gasteiger partial charge in [-0.1, -0.05) is 212 Å². The van der Waals surface area contributed by atoms with Crippen LogP contribution in [0.4, 0.5) is 11.4 Å². The van der Waals surface area contributed by atoms with Crippen molar-refractivity contribution in [1.29, 1.82) is 5.41 Å². The molecule has 0 aromatic heterocycles. The van der Waals surface area contributed by atoms with Crippen LogP contribution >= 0.6 is 0 Å². The topological polar surface area (TPSA) is 48.2 Å². The van der Waals surface area contributed by atoms with E-state index in [1.165, 1.54) is 49.7 Å². The Balaban J connectivity index is 1.16. The van der Waals surface area contributed by atoms with E-state index in [0.717, 1.165) is 39.3 Å². The van der Waals surface area contributed by atoms with Crippen LogP contribution in [0.5, 0.6) is 0 Å². The van der Waals surface area contributed by atoms with E-state index in [2.05, 4.69) is 181 Å². The van der Waals surface area contributed by atoms with Gasteiger partial charge in [0.1, 0.15) is 0 Å². The lowest BCUT2D eigenvalue weighted by Gasteiger charge is -2.36. The third kappa shape index (κ3) is 6.34. The highest BCUT2D eigenvalue weighted by molar-refractivity contribution is 6.16. The number of nitrogens with zero attached hydrogens (tertiary/aromatic N) is 1. The van der Waals surface area contributed by atoms with Gasteiger partial charge in [0.2, 0.25) is 0 Å². The zero-order valence-corrected chi connectivity index (χ0v) is 32.5. The molecule has 0 heterocycles. The molecule has 0 unspecified atom stereocenters. The third-order valence-corrected chi connectivity index (χ3v) is 11.7. The van der Waals surface area contributed by atoms with Crippen LogP contribution in [-0.2, 0) is 11.8 Å². The van der Waals surface area contributed by atoms with Crippen molar-refractivity contribution in [3.05, 3.63) is 263 Å². The largest absolute Gasteiger partial charge is 0.355 e. The van der Waals surface area contributed by atoms with Crippen molar-refractivity contribution in [3.8, 4) is 22.3 Å². The van der Waals surface area contributed by atoms with Gasteiger partial charge in [-0.2, -0.15) is 0 Å². The maximum Gasteiger partial charge on any atom is 0.152 e. The predicted molar refractivity (Wildman–Crippen MR) is 246 cm³/mol. The minimum absolute atomic E-state index is 0.254. The molecule has 280 valence electrons. The molecule has 3 heteroatoms. The average molecular weight is 756 g/mol. The summed E-state index contributed by atoms with van der Waals surface area (Å²) in [6.07, 6.45) is 0.589. The number of hydrogen-bond acceptors (Lipinski definition) is 2. The molecule has 0 amide bonds. The van der Waals surface area contributed by atoms with E-state index in [0.29, 0.717) is 6.42 Å². The van der Waals surface area contributed by atoms with Gasteiger partial charge < -0.3 is 5.32 Å². The first kappa shape index (κ1) is 35.8. The fraction of sp³-hybridized carbons (Fsp3) is 0.0357. The molecule has 9 aromatic rings. The van der Waals surface area contributed by atoms with Gasteiger partial charge in [-0.05, 0) is 67.6 Å². The van der Waals surface area contributed by atoms with Gasteiger partial charge >= 0.3 is 0 Å². The standard InChI is InChI=1S/C56H41N3/c57-55(42-24-10-3-11-25-42)59-50(40-20-6-1-7-21-40)38-39-34-36-45(37-35-39)58-54-47-31-17-16-30-46(47)52-48-32-18-19-33-49(48)56(43-26-12-4-13-27-43,44-28-14-5-15-29-44)53(52)51(54)41-22-8-2-9-23-41/h1-37,57-58H,38H2. The average Bonchev–Trinajstić information content (AvgIpc) is 3.62. The van der Waals surface area contributed by atoms with Gasteiger partial charge in [0, 0.05) is 28.6 Å². The fourth-order valence-electron chi connectivity index (χ4n) is 9.10. The van der Waals surface area contributed by atoms with Crippen LogP contribution < -0.4 is 5.32 Å². The van der Waals surface area contributed by atoms with Gasteiger partial charge in [0.05, 0.1) is 16.8 Å². The van der Waals surface area contributed by atoms with Crippen molar-refractivity contribution < 1.29 is 0 Å². The van der Waals surface area contributed by atoms with Crippen molar-refractivity contribution in [3.63, 3.8) is 0 Å². The highest BCUT2D eigenvalue weighted by atomic mass is 14.9. The molecule has 9 aromatic carbocycles. The lowest BCUT2D eigenvalue weighted by molar-refractivity contribution is 0.771. The van der Waals surface area contributed by atoms with E-state index in [9.17, 15) is 0 Å². The Morgan fingerprint density at radius 1 is 0.475 bits per heavy atom. The molecule has 1 aliphatic rings. The number of anilines is 2. The van der Waals surface area contributed by atoms with Gasteiger partial charge in [-0.15, -0.1) is 0 Å². The van der Waals surface area contributed by atoms with Crippen LogP contribution in [-0.4, -0.2) is 11.5 Å². The second-order valence-corrected chi connectivity index (χ2v) is 15.1. The quantitative estimate of drug-likeness (QED) is 0.112. The van der Waals surface area contributed by atoms with Crippen molar-refractivity contribution in [2.75, 3.05) is 5.32 Å². The molecule has 0 bridgehead atoms. The first-order valence-corrected chi connectivity index (χ1v) is 20.2. The Kier molecular flexibility index (Phi) is 9.32. The maximum atomic E-state index is 8.83. The molecule has 1 aliphatic carbocycles. The van der Waals surface area contributed by atoms with Crippen LogP contribution in [0.2, 0.25) is 0 Å². The number of hydrogen-bond donors (Lipinski definition) is 2. The summed E-state index contributed by atoms with van der Waals surface area (Å²) in [6, 6.07) is 79.5. The second-order valence-electron chi connectivity index (χ2n) is 15.1. The number of benzene rings is 9. The minimum atomic E-state index is -0.593. The van der Waals surface area contributed by atoms with Crippen LogP contribution in [0.25, 0.3) is 33.0 Å². The van der Waals surface area contributed by atoms with E-state index in [1.54, 1.807) is 0 Å². The zero-order chi connectivity index (χ0) is 39.6. The van der Waals surface area contributed by atoms with Gasteiger partial charge in [0.25, 0.3) is 0 Å². The van der Waals surface area contributed by atoms with Crippen molar-refractivity contribution in [2.45, 2.75) is 11.8 Å². The van der Waals surface area contributed by atoms with E-state index in [1.807, 2.05) is 48.5 Å². The molecule has 0 radical (unpaired) electrons. The van der Waals surface area contributed by atoms with Gasteiger partial charge in [0.15, 0.2) is 5.84 Å². The van der Waals surface area contributed by atoms with E-state index < -0.39 is 5.41 Å². The summed E-state index contributed by atoms with van der Waals surface area (Å²) in [5.41, 5.74) is 15.2. The molecule has 3 nitrogen and oxygen atoms in total. The SMILES string of the molecule is N=C(N=C(Cc1ccc(Nc2c(-c3ccccc3)c3c(c4ccccc24)-c2ccccc2C3(c2ccccc2)c2ccccc2)cc1)c1ccccc1)c1ccccc1. The Morgan fingerprint density at radius 2 is 0.983 bits per heavy atom. The Bertz CT molecular complexity index is 2920. The van der Waals surface area contributed by atoms with Crippen molar-refractivity contribution >= 4 is 33.7 Å². The highest BCUT2D eigenvalue weighted by Crippen LogP contribution is 2.62. The smallest absolute Gasteiger partial charge is 0.152 e. The molecule has 0 aliphatic heterocycles. The van der Waals surface area contributed by atoms with E-state index >= 15 is 0 Å². The molecule has 0 atom stereocenters. The molecular weight excluding hydrogens is 715 g/mol. The lowest BCUT2D eigenvalue weighted by Crippen LogP contribution is -2.29. The maximum absolute atomic E-state index is 8.83. The summed E-state index contributed by atoms with van der Waals surface area (Å²) < 4.78 is 0. The predicted octanol–water partition coefficient (Wildman–Crippen LogP) is 13.7. The van der Waals surface area contributed by atoms with Crippen LogP contribution in [0, 0.1) is 5.41 Å². The lowest BCUT2D eigenvalue weighted by atomic mass is 9.65. The van der Waals surface area contributed by atoms with Crippen molar-refractivity contribution in [2.24, 2.45) is 4.99 Å². The summed E-state index contributed by atoms with van der Waals surface area (Å²) in [7, 11) is 0. The van der Waals surface area contributed by atoms with Gasteiger partial charge in [-0.25, -0.2) is 4.99 Å². The summed E-state index contributed by atoms with van der Waals surface area (Å²) in [5.74, 6) is 0.254. The Labute approximate surface area is 345 Å². The number of rotatable bonds is 9. The molecular formula is C56H41N3. The number of amidine groups is 1. The Morgan fingerprint density at radius 3 is 1.61 bits per heavy atom. The first-order valence-electron chi connectivity index (χ1n) is 20.2. The normalized spacial score (nSPS) is 12.8. The van der Waals surface area contributed by atoms with Crippen molar-refractivity contribution in [1.82, 2.24) is 0 Å². The first-order chi connectivity index (χ1) is 29.2. The number of fused-ring (bicyclic) bond motifs is 5. The van der Waals surface area contributed by atoms with E-state index in [4.69, 9.17) is 10.4 Å². The summed E-state index contributed by atoms with van der Waals surface area (Å²) in [4.78, 5) is 4.88. The van der Waals surface area contributed by atoms with E-state index in [-0.39, 0.29) is 5.84 Å². The number of aliphatic imine (C=N–C) groups is 1. The Hall–Kier alpha value is -7.62.